The molecule has 6 heterocycles. The van der Waals surface area contributed by atoms with E-state index in [0.717, 1.165) is 115 Å². The number of nitrogens with two attached hydrogens (primary N) is 1. The SMILES string of the molecule is NC(CCN1CCN(c2nccc3ccc(F)cc23)CC1)Cc1cc(=O)oc2ccccc12.O=C(CCN1CCN(c2nccc3ccc(F)cc23)CC1)Cc1cc(=O)oc2ccccc12. The van der Waals surface area contributed by atoms with Gasteiger partial charge in [0.05, 0.1) is 0 Å². The average Bonchev–Trinajstić information content (AvgIpc) is 3.33. The Balaban J connectivity index is 0.000000166. The molecule has 0 amide bonds. The molecule has 338 valence electrons. The maximum atomic E-state index is 13.8. The van der Waals surface area contributed by atoms with Crippen LogP contribution in [0.4, 0.5) is 20.4 Å². The van der Waals surface area contributed by atoms with Gasteiger partial charge in [-0.2, -0.15) is 0 Å². The van der Waals surface area contributed by atoms with Crippen LogP contribution < -0.4 is 26.8 Å². The molecule has 66 heavy (non-hydrogen) atoms. The summed E-state index contributed by atoms with van der Waals surface area (Å²) in [7, 11) is 0. The van der Waals surface area contributed by atoms with Crippen molar-refractivity contribution < 1.29 is 22.4 Å². The van der Waals surface area contributed by atoms with Gasteiger partial charge >= 0.3 is 11.3 Å². The predicted octanol–water partition coefficient (Wildman–Crippen LogP) is 7.37. The Morgan fingerprint density at radius 1 is 0.591 bits per heavy atom. The van der Waals surface area contributed by atoms with Crippen LogP contribution in [0.3, 0.4) is 0 Å². The molecule has 4 aromatic heterocycles. The number of rotatable bonds is 12. The van der Waals surface area contributed by atoms with E-state index in [2.05, 4.69) is 29.6 Å². The fourth-order valence-corrected chi connectivity index (χ4v) is 9.11. The Kier molecular flexibility index (Phi) is 13.5. The molecule has 1 atom stereocenters. The largest absolute Gasteiger partial charge is 0.423 e. The molecule has 4 aromatic carbocycles. The molecule has 1 unspecified atom stereocenters. The Morgan fingerprint density at radius 3 is 1.62 bits per heavy atom. The van der Waals surface area contributed by atoms with Crippen LogP contribution in [-0.4, -0.2) is 97.0 Å². The number of piperazine rings is 2. The number of hydrogen-bond donors (Lipinski definition) is 1. The molecular formula is C52H51F2N7O5. The van der Waals surface area contributed by atoms with Crippen molar-refractivity contribution in [1.82, 2.24) is 19.8 Å². The standard InChI is InChI=1S/C26H27FN4O2.C26H24FN3O3/c27-20-6-5-18-7-9-29-26(23(18)17-20)31-13-11-30(12-14-31)10-8-21(28)15-19-16-25(32)33-24-4-2-1-3-22(19)24;27-20-6-5-18-7-9-28-26(23(18)17-20)30-13-11-29(12-14-30)10-8-21(31)15-19-16-25(32)33-24-4-2-1-3-22(19)24/h1-7,9,16-17,21H,8,10-15,28H2;1-7,9,16-17H,8,10-15H2. The summed E-state index contributed by atoms with van der Waals surface area (Å²) in [5.41, 5.74) is 8.43. The first-order chi connectivity index (χ1) is 32.1. The minimum atomic E-state index is -0.436. The minimum Gasteiger partial charge on any atom is -0.423 e. The van der Waals surface area contributed by atoms with Gasteiger partial charge in [0.25, 0.3) is 0 Å². The first kappa shape index (κ1) is 44.3. The fourth-order valence-electron chi connectivity index (χ4n) is 9.11. The van der Waals surface area contributed by atoms with Crippen LogP contribution in [0, 0.1) is 11.6 Å². The van der Waals surface area contributed by atoms with Gasteiger partial charge in [-0.25, -0.2) is 28.3 Å². The van der Waals surface area contributed by atoms with Crippen molar-refractivity contribution in [2.75, 3.05) is 75.2 Å². The highest BCUT2D eigenvalue weighted by atomic mass is 19.1. The number of halogens is 2. The van der Waals surface area contributed by atoms with Crippen LogP contribution in [0.2, 0.25) is 0 Å². The van der Waals surface area contributed by atoms with Crippen molar-refractivity contribution in [3.63, 3.8) is 0 Å². The van der Waals surface area contributed by atoms with Crippen molar-refractivity contribution in [2.45, 2.75) is 31.7 Å². The maximum absolute atomic E-state index is 13.8. The zero-order valence-electron chi connectivity index (χ0n) is 36.6. The lowest BCUT2D eigenvalue weighted by Crippen LogP contribution is -2.47. The van der Waals surface area contributed by atoms with Crippen LogP contribution >= 0.6 is 0 Å². The monoisotopic (exact) mass is 891 g/mol. The summed E-state index contributed by atoms with van der Waals surface area (Å²) >= 11 is 0. The molecule has 8 aromatic rings. The number of Topliss-reactive ketones (excluding diaryl/α,β-unsaturated/α-hetero) is 1. The van der Waals surface area contributed by atoms with Gasteiger partial charge in [-0.1, -0.05) is 48.5 Å². The molecule has 0 spiro atoms. The van der Waals surface area contributed by atoms with Crippen molar-refractivity contribution in [1.29, 1.82) is 0 Å². The highest BCUT2D eigenvalue weighted by Gasteiger charge is 2.23. The van der Waals surface area contributed by atoms with Crippen LogP contribution in [0.25, 0.3) is 43.5 Å². The molecule has 0 radical (unpaired) electrons. The second kappa shape index (κ2) is 20.1. The Bertz CT molecular complexity index is 3130. The molecular weight excluding hydrogens is 841 g/mol. The number of benzene rings is 4. The summed E-state index contributed by atoms with van der Waals surface area (Å²) < 4.78 is 38.1. The number of carbonyl (C=O) groups excluding carboxylic acids is 1. The molecule has 2 aliphatic rings. The van der Waals surface area contributed by atoms with Crippen LogP contribution in [0.1, 0.15) is 24.0 Å². The van der Waals surface area contributed by atoms with Gasteiger partial charge in [0.1, 0.15) is 40.2 Å². The maximum Gasteiger partial charge on any atom is 0.336 e. The minimum absolute atomic E-state index is 0.0454. The number of fused-ring (bicyclic) bond motifs is 4. The van der Waals surface area contributed by atoms with E-state index in [1.165, 1.54) is 24.3 Å². The zero-order valence-corrected chi connectivity index (χ0v) is 36.6. The summed E-state index contributed by atoms with van der Waals surface area (Å²) in [5, 5.41) is 5.39. The van der Waals surface area contributed by atoms with E-state index in [1.54, 1.807) is 48.8 Å². The normalized spacial score (nSPS) is 15.3. The predicted molar refractivity (Wildman–Crippen MR) is 255 cm³/mol. The van der Waals surface area contributed by atoms with Gasteiger partial charge in [-0.05, 0) is 89.8 Å². The topological polar surface area (TPSA) is 142 Å². The summed E-state index contributed by atoms with van der Waals surface area (Å²) in [6.45, 7) is 8.18. The van der Waals surface area contributed by atoms with Crippen LogP contribution in [0.15, 0.2) is 140 Å². The van der Waals surface area contributed by atoms with Crippen LogP contribution in [-0.2, 0) is 17.6 Å². The van der Waals surface area contributed by atoms with Crippen molar-refractivity contribution in [3.8, 4) is 0 Å². The first-order valence-corrected chi connectivity index (χ1v) is 22.5. The molecule has 10 rings (SSSR count). The van der Waals surface area contributed by atoms with E-state index in [1.807, 2.05) is 48.5 Å². The number of anilines is 2. The second-order valence-electron chi connectivity index (χ2n) is 17.0. The molecule has 0 saturated carbocycles. The highest BCUT2D eigenvalue weighted by Crippen LogP contribution is 2.28. The van der Waals surface area contributed by atoms with Gasteiger partial charge in [0, 0.05) is 124 Å². The fraction of sp³-hybridized carbons (Fsp3) is 0.288. The number of hydrogen-bond acceptors (Lipinski definition) is 12. The van der Waals surface area contributed by atoms with Crippen molar-refractivity contribution in [3.05, 3.63) is 165 Å². The smallest absolute Gasteiger partial charge is 0.336 e. The third-order valence-corrected chi connectivity index (χ3v) is 12.6. The van der Waals surface area contributed by atoms with Gasteiger partial charge in [-0.3, -0.25) is 14.6 Å². The third kappa shape index (κ3) is 10.5. The summed E-state index contributed by atoms with van der Waals surface area (Å²) in [4.78, 5) is 54.5. The molecule has 14 heteroatoms. The molecule has 2 fully saturated rings. The van der Waals surface area contributed by atoms with E-state index < -0.39 is 5.63 Å². The highest BCUT2D eigenvalue weighted by molar-refractivity contribution is 5.93. The second-order valence-corrected chi connectivity index (χ2v) is 17.0. The van der Waals surface area contributed by atoms with E-state index in [4.69, 9.17) is 14.6 Å². The Morgan fingerprint density at radius 2 is 1.08 bits per heavy atom. The number of ketones is 1. The zero-order chi connectivity index (χ0) is 45.6. The van der Waals surface area contributed by atoms with Crippen molar-refractivity contribution in [2.24, 2.45) is 5.73 Å². The number of aromatic nitrogens is 2. The summed E-state index contributed by atoms with van der Waals surface area (Å²) in [5.74, 6) is 1.24. The van der Waals surface area contributed by atoms with E-state index >= 15 is 0 Å². The summed E-state index contributed by atoms with van der Waals surface area (Å²) in [6, 6.07) is 31.2. The van der Waals surface area contributed by atoms with Gasteiger partial charge in [-0.15, -0.1) is 0 Å². The number of pyridine rings is 2. The Hall–Kier alpha value is -6.87. The molecule has 0 bridgehead atoms. The molecule has 0 aliphatic carbocycles. The van der Waals surface area contributed by atoms with E-state index in [9.17, 15) is 23.2 Å². The lowest BCUT2D eigenvalue weighted by atomic mass is 10.0. The van der Waals surface area contributed by atoms with Gasteiger partial charge in [0.15, 0.2) is 0 Å². The number of carbonyl (C=O) groups is 1. The summed E-state index contributed by atoms with van der Waals surface area (Å²) in [6.07, 6.45) is 5.66. The molecule has 2 N–H and O–H groups in total. The lowest BCUT2D eigenvalue weighted by Gasteiger charge is -2.36. The average molecular weight is 892 g/mol. The van der Waals surface area contributed by atoms with E-state index in [0.29, 0.717) is 36.1 Å². The first-order valence-electron chi connectivity index (χ1n) is 22.5. The van der Waals surface area contributed by atoms with Gasteiger partial charge in [0.2, 0.25) is 0 Å². The quantitative estimate of drug-likeness (QED) is 0.123. The third-order valence-electron chi connectivity index (χ3n) is 12.6. The van der Waals surface area contributed by atoms with E-state index in [-0.39, 0.29) is 35.5 Å². The number of para-hydroxylation sites is 2. The molecule has 2 aliphatic heterocycles. The van der Waals surface area contributed by atoms with Crippen molar-refractivity contribution >= 4 is 60.9 Å². The van der Waals surface area contributed by atoms with Gasteiger partial charge < -0.3 is 24.4 Å². The Labute approximate surface area is 379 Å². The van der Waals surface area contributed by atoms with Crippen LogP contribution in [0.5, 0.6) is 0 Å². The molecule has 12 nitrogen and oxygen atoms in total. The number of nitrogens with zero attached hydrogens (tertiary/aromatic N) is 6. The molecule has 2 saturated heterocycles. The lowest BCUT2D eigenvalue weighted by molar-refractivity contribution is -0.118.